The molecule has 3 aromatic rings. The minimum Gasteiger partial charge on any atom is -0.454 e. The number of aryl methyl sites for hydroxylation is 1. The quantitative estimate of drug-likeness (QED) is 0.661. The van der Waals surface area contributed by atoms with Gasteiger partial charge in [0.05, 0.1) is 16.4 Å². The second kappa shape index (κ2) is 6.38. The van der Waals surface area contributed by atoms with Crippen LogP contribution in [0.3, 0.4) is 0 Å². The Balaban J connectivity index is 1.80. The van der Waals surface area contributed by atoms with E-state index in [0.29, 0.717) is 27.2 Å². The highest BCUT2D eigenvalue weighted by Crippen LogP contribution is 2.41. The minimum absolute atomic E-state index is 0.0980. The summed E-state index contributed by atoms with van der Waals surface area (Å²) in [6, 6.07) is 12.6. The number of halogens is 1. The number of fused-ring (bicyclic) bond motifs is 1. The predicted octanol–water partition coefficient (Wildman–Crippen LogP) is 4.81. The van der Waals surface area contributed by atoms with E-state index in [2.05, 4.69) is 4.98 Å². The lowest BCUT2D eigenvalue weighted by Crippen LogP contribution is -2.25. The second-order valence-corrected chi connectivity index (χ2v) is 6.68. The summed E-state index contributed by atoms with van der Waals surface area (Å²) in [4.78, 5) is 19.3. The number of aromatic nitrogens is 1. The molecule has 1 amide bonds. The molecule has 4 rings (SSSR count). The number of para-hydroxylation sites is 1. The van der Waals surface area contributed by atoms with Crippen LogP contribution < -0.4 is 14.4 Å². The lowest BCUT2D eigenvalue weighted by Gasteiger charge is -2.20. The number of anilines is 2. The maximum absolute atomic E-state index is 13.2. The highest BCUT2D eigenvalue weighted by Gasteiger charge is 2.26. The molecule has 1 aliphatic rings. The van der Waals surface area contributed by atoms with E-state index in [1.165, 1.54) is 11.3 Å². The molecule has 0 fully saturated rings. The van der Waals surface area contributed by atoms with E-state index in [4.69, 9.17) is 21.1 Å². The topological polar surface area (TPSA) is 51.7 Å². The molecule has 0 bridgehead atoms. The second-order valence-electron chi connectivity index (χ2n) is 5.44. The van der Waals surface area contributed by atoms with Crippen LogP contribution in [0, 0.1) is 6.92 Å². The van der Waals surface area contributed by atoms with Crippen molar-refractivity contribution in [1.82, 2.24) is 4.98 Å². The number of ether oxygens (including phenoxy) is 2. The molecule has 5 nitrogen and oxygen atoms in total. The van der Waals surface area contributed by atoms with Gasteiger partial charge < -0.3 is 9.47 Å². The molecule has 0 atom stereocenters. The van der Waals surface area contributed by atoms with E-state index < -0.39 is 0 Å². The van der Waals surface area contributed by atoms with Gasteiger partial charge in [0, 0.05) is 10.9 Å². The molecule has 1 aromatic heterocycles. The van der Waals surface area contributed by atoms with Crippen LogP contribution in [0.5, 0.6) is 11.5 Å². The summed E-state index contributed by atoms with van der Waals surface area (Å²) in [7, 11) is 0. The fourth-order valence-electron chi connectivity index (χ4n) is 2.56. The summed E-state index contributed by atoms with van der Waals surface area (Å²) in [6.07, 6.45) is 0. The van der Waals surface area contributed by atoms with E-state index in [-0.39, 0.29) is 12.7 Å². The Labute approximate surface area is 153 Å². The molecule has 2 heterocycles. The fraction of sp³-hybridized carbons (Fsp3) is 0.111. The standard InChI is InChI=1S/C18H13ClN2O3S/c1-11-9-25-18(20-11)21(13-5-3-2-4-6-13)17(22)12-7-14(19)16-15(8-12)23-10-24-16/h2-9H,10H2,1H3. The maximum atomic E-state index is 13.2. The third-order valence-electron chi connectivity index (χ3n) is 3.69. The van der Waals surface area contributed by atoms with Crippen LogP contribution in [-0.2, 0) is 0 Å². The molecule has 0 radical (unpaired) electrons. The van der Waals surface area contributed by atoms with E-state index in [9.17, 15) is 4.79 Å². The minimum atomic E-state index is -0.235. The van der Waals surface area contributed by atoms with Crippen molar-refractivity contribution >= 4 is 39.7 Å². The largest absolute Gasteiger partial charge is 0.454 e. The molecular weight excluding hydrogens is 360 g/mol. The van der Waals surface area contributed by atoms with Gasteiger partial charge in [0.15, 0.2) is 16.6 Å². The Hall–Kier alpha value is -2.57. The summed E-state index contributed by atoms with van der Waals surface area (Å²) >= 11 is 7.64. The SMILES string of the molecule is Cc1csc(N(C(=O)c2cc(Cl)c3c(c2)OCO3)c2ccccc2)n1. The number of nitrogens with zero attached hydrogens (tertiary/aromatic N) is 2. The number of benzene rings is 2. The number of carbonyl (C=O) groups excluding carboxylic acids is 1. The molecule has 0 N–H and O–H groups in total. The average Bonchev–Trinajstić information content (AvgIpc) is 3.25. The highest BCUT2D eigenvalue weighted by molar-refractivity contribution is 7.14. The summed E-state index contributed by atoms with van der Waals surface area (Å²) in [5.41, 5.74) is 2.00. The molecule has 126 valence electrons. The third-order valence-corrected chi connectivity index (χ3v) is 4.91. The Bertz CT molecular complexity index is 943. The summed E-state index contributed by atoms with van der Waals surface area (Å²) in [5, 5.41) is 2.86. The number of rotatable bonds is 3. The Morgan fingerprint density at radius 3 is 2.76 bits per heavy atom. The van der Waals surface area contributed by atoms with Crippen molar-refractivity contribution in [3.63, 3.8) is 0 Å². The van der Waals surface area contributed by atoms with Crippen molar-refractivity contribution < 1.29 is 14.3 Å². The van der Waals surface area contributed by atoms with E-state index >= 15 is 0 Å². The molecule has 0 unspecified atom stereocenters. The van der Waals surface area contributed by atoms with Gasteiger partial charge in [-0.05, 0) is 31.2 Å². The van der Waals surface area contributed by atoms with Gasteiger partial charge in [-0.25, -0.2) is 4.98 Å². The molecule has 2 aromatic carbocycles. The van der Waals surface area contributed by atoms with Gasteiger partial charge in [0.1, 0.15) is 0 Å². The maximum Gasteiger partial charge on any atom is 0.264 e. The van der Waals surface area contributed by atoms with Crippen LogP contribution in [0.15, 0.2) is 47.8 Å². The summed E-state index contributed by atoms with van der Waals surface area (Å²) in [6.45, 7) is 1.99. The summed E-state index contributed by atoms with van der Waals surface area (Å²) in [5.74, 6) is 0.703. The molecule has 0 saturated carbocycles. The van der Waals surface area contributed by atoms with Crippen LogP contribution in [0.4, 0.5) is 10.8 Å². The smallest absolute Gasteiger partial charge is 0.264 e. The Morgan fingerprint density at radius 2 is 2.04 bits per heavy atom. The molecule has 1 aliphatic heterocycles. The van der Waals surface area contributed by atoms with Crippen molar-refractivity contribution in [2.75, 3.05) is 11.7 Å². The first-order valence-electron chi connectivity index (χ1n) is 7.54. The lowest BCUT2D eigenvalue weighted by atomic mass is 10.1. The highest BCUT2D eigenvalue weighted by atomic mass is 35.5. The molecule has 0 aliphatic carbocycles. The Morgan fingerprint density at radius 1 is 1.24 bits per heavy atom. The van der Waals surface area contributed by atoms with Crippen molar-refractivity contribution in [1.29, 1.82) is 0 Å². The van der Waals surface area contributed by atoms with Crippen molar-refractivity contribution in [2.45, 2.75) is 6.92 Å². The first-order valence-corrected chi connectivity index (χ1v) is 8.80. The van der Waals surface area contributed by atoms with Crippen molar-refractivity contribution in [3.05, 3.63) is 64.1 Å². The molecule has 0 spiro atoms. The zero-order chi connectivity index (χ0) is 17.4. The van der Waals surface area contributed by atoms with E-state index in [0.717, 1.165) is 11.4 Å². The molecule has 7 heteroatoms. The zero-order valence-electron chi connectivity index (χ0n) is 13.2. The molecular formula is C18H13ClN2O3S. The Kier molecular flexibility index (Phi) is 4.07. The van der Waals surface area contributed by atoms with Gasteiger partial charge in [-0.1, -0.05) is 29.8 Å². The number of hydrogen-bond acceptors (Lipinski definition) is 5. The predicted molar refractivity (Wildman–Crippen MR) is 97.3 cm³/mol. The van der Waals surface area contributed by atoms with Crippen LogP contribution in [0.2, 0.25) is 5.02 Å². The van der Waals surface area contributed by atoms with Gasteiger partial charge in [0.2, 0.25) is 6.79 Å². The van der Waals surface area contributed by atoms with Crippen LogP contribution in [0.25, 0.3) is 0 Å². The average molecular weight is 373 g/mol. The number of hydrogen-bond donors (Lipinski definition) is 0. The molecule has 0 saturated heterocycles. The van der Waals surface area contributed by atoms with Crippen LogP contribution >= 0.6 is 22.9 Å². The first kappa shape index (κ1) is 15.9. The normalized spacial score (nSPS) is 12.2. The zero-order valence-corrected chi connectivity index (χ0v) is 14.8. The van der Waals surface area contributed by atoms with Gasteiger partial charge in [-0.2, -0.15) is 0 Å². The number of thiazole rings is 1. The van der Waals surface area contributed by atoms with Gasteiger partial charge >= 0.3 is 0 Å². The van der Waals surface area contributed by atoms with E-state index in [1.54, 1.807) is 17.0 Å². The lowest BCUT2D eigenvalue weighted by molar-refractivity contribution is 0.0998. The monoisotopic (exact) mass is 372 g/mol. The fourth-order valence-corrected chi connectivity index (χ4v) is 3.64. The number of carbonyl (C=O) groups is 1. The van der Waals surface area contributed by atoms with Gasteiger partial charge in [-0.15, -0.1) is 11.3 Å². The summed E-state index contributed by atoms with van der Waals surface area (Å²) < 4.78 is 10.7. The van der Waals surface area contributed by atoms with E-state index in [1.807, 2.05) is 42.6 Å². The van der Waals surface area contributed by atoms with Gasteiger partial charge in [-0.3, -0.25) is 9.69 Å². The van der Waals surface area contributed by atoms with Gasteiger partial charge in [0.25, 0.3) is 5.91 Å². The number of amides is 1. The van der Waals surface area contributed by atoms with Crippen molar-refractivity contribution in [2.24, 2.45) is 0 Å². The van der Waals surface area contributed by atoms with Crippen molar-refractivity contribution in [3.8, 4) is 11.5 Å². The van der Waals surface area contributed by atoms with Crippen LogP contribution in [-0.4, -0.2) is 17.7 Å². The molecule has 25 heavy (non-hydrogen) atoms. The van der Waals surface area contributed by atoms with Crippen LogP contribution in [0.1, 0.15) is 16.1 Å². The third kappa shape index (κ3) is 2.94. The first-order chi connectivity index (χ1) is 12.1.